The van der Waals surface area contributed by atoms with Gasteiger partial charge in [-0.3, -0.25) is 0 Å². The third kappa shape index (κ3) is 1.21. The summed E-state index contributed by atoms with van der Waals surface area (Å²) in [5.41, 5.74) is 2.52. The van der Waals surface area contributed by atoms with E-state index in [-0.39, 0.29) is 5.38 Å². The molecule has 1 atom stereocenters. The van der Waals surface area contributed by atoms with Crippen LogP contribution in [-0.2, 0) is 0 Å². The highest BCUT2D eigenvalue weighted by Crippen LogP contribution is 2.28. The number of rotatable bonds is 0. The first kappa shape index (κ1) is 6.99. The average Bonchev–Trinajstić information content (AvgIpc) is 2.06. The average molecular weight is 168 g/mol. The first-order valence-corrected chi connectivity index (χ1v) is 4.26. The monoisotopic (exact) mass is 167 g/mol. The quantitative estimate of drug-likeness (QED) is 0.544. The summed E-state index contributed by atoms with van der Waals surface area (Å²) >= 11 is 6.09. The third-order valence-electron chi connectivity index (χ3n) is 2.01. The van der Waals surface area contributed by atoms with Gasteiger partial charge in [0.15, 0.2) is 0 Å². The fraction of sp³-hybridized carbons (Fsp3) is 0.333. The molecule has 1 heterocycles. The van der Waals surface area contributed by atoms with E-state index in [0.29, 0.717) is 0 Å². The molecular weight excluding hydrogens is 158 g/mol. The summed E-state index contributed by atoms with van der Waals surface area (Å²) in [5, 5.41) is 3.32. The van der Waals surface area contributed by atoms with E-state index >= 15 is 0 Å². The van der Waals surface area contributed by atoms with Crippen LogP contribution in [0.2, 0.25) is 0 Å². The van der Waals surface area contributed by atoms with Crippen molar-refractivity contribution < 1.29 is 0 Å². The molecule has 0 aromatic rings. The number of dihydropyridines is 1. The molecule has 1 unspecified atom stereocenters. The number of hydrogen-bond acceptors (Lipinski definition) is 1. The van der Waals surface area contributed by atoms with Crippen LogP contribution in [0.15, 0.2) is 35.6 Å². The van der Waals surface area contributed by atoms with E-state index in [1.54, 1.807) is 0 Å². The molecule has 11 heavy (non-hydrogen) atoms. The molecule has 0 fully saturated rings. The van der Waals surface area contributed by atoms with Crippen molar-refractivity contribution in [2.24, 2.45) is 0 Å². The Morgan fingerprint density at radius 3 is 3.27 bits per heavy atom. The molecule has 1 aliphatic heterocycles. The molecule has 2 aliphatic rings. The van der Waals surface area contributed by atoms with E-state index in [0.717, 1.165) is 13.0 Å². The molecule has 0 bridgehead atoms. The SMILES string of the molecule is ClC1CC=CC2=CCNC=C21. The number of nitrogens with one attached hydrogen (secondary N) is 1. The largest absolute Gasteiger partial charge is 0.387 e. The van der Waals surface area contributed by atoms with Crippen LogP contribution in [0.4, 0.5) is 0 Å². The Kier molecular flexibility index (Phi) is 1.74. The van der Waals surface area contributed by atoms with Gasteiger partial charge in [-0.1, -0.05) is 18.2 Å². The van der Waals surface area contributed by atoms with Gasteiger partial charge < -0.3 is 5.32 Å². The molecule has 2 heteroatoms. The summed E-state index contributed by atoms with van der Waals surface area (Å²) in [5.74, 6) is 0. The number of alkyl halides is 1. The molecule has 2 rings (SSSR count). The molecule has 58 valence electrons. The summed E-state index contributed by atoms with van der Waals surface area (Å²) in [4.78, 5) is 0. The number of allylic oxidation sites excluding steroid dienone is 4. The van der Waals surface area contributed by atoms with E-state index in [1.165, 1.54) is 11.1 Å². The summed E-state index contributed by atoms with van der Waals surface area (Å²) in [6.45, 7) is 0.923. The summed E-state index contributed by atoms with van der Waals surface area (Å²) < 4.78 is 0. The van der Waals surface area contributed by atoms with Crippen molar-refractivity contribution in [2.45, 2.75) is 11.8 Å². The third-order valence-corrected chi connectivity index (χ3v) is 2.42. The lowest BCUT2D eigenvalue weighted by atomic mass is 9.94. The minimum atomic E-state index is 0.166. The normalized spacial score (nSPS) is 28.3. The van der Waals surface area contributed by atoms with E-state index in [9.17, 15) is 0 Å². The minimum absolute atomic E-state index is 0.166. The molecule has 1 nitrogen and oxygen atoms in total. The Bertz CT molecular complexity index is 250. The van der Waals surface area contributed by atoms with Crippen LogP contribution in [-0.4, -0.2) is 11.9 Å². The maximum Gasteiger partial charge on any atom is 0.0639 e. The van der Waals surface area contributed by atoms with Crippen molar-refractivity contribution in [1.82, 2.24) is 5.32 Å². The smallest absolute Gasteiger partial charge is 0.0639 e. The van der Waals surface area contributed by atoms with Crippen molar-refractivity contribution >= 4 is 11.6 Å². The Hall–Kier alpha value is -0.690. The Morgan fingerprint density at radius 1 is 1.55 bits per heavy atom. The van der Waals surface area contributed by atoms with Gasteiger partial charge in [0.2, 0.25) is 0 Å². The topological polar surface area (TPSA) is 12.0 Å². The lowest BCUT2D eigenvalue weighted by Gasteiger charge is -2.21. The maximum absolute atomic E-state index is 6.09. The van der Waals surface area contributed by atoms with Crippen LogP contribution in [0.3, 0.4) is 0 Å². The van der Waals surface area contributed by atoms with Crippen molar-refractivity contribution in [1.29, 1.82) is 0 Å². The van der Waals surface area contributed by atoms with Crippen molar-refractivity contribution in [3.63, 3.8) is 0 Å². The van der Waals surface area contributed by atoms with Crippen molar-refractivity contribution in [3.05, 3.63) is 35.6 Å². The van der Waals surface area contributed by atoms with Gasteiger partial charge in [0, 0.05) is 12.7 Å². The van der Waals surface area contributed by atoms with Gasteiger partial charge in [-0.05, 0) is 17.6 Å². The fourth-order valence-electron chi connectivity index (χ4n) is 1.42. The molecule has 0 saturated carbocycles. The van der Waals surface area contributed by atoms with E-state index in [2.05, 4.69) is 23.5 Å². The van der Waals surface area contributed by atoms with Crippen molar-refractivity contribution in [3.8, 4) is 0 Å². The van der Waals surface area contributed by atoms with Gasteiger partial charge in [-0.25, -0.2) is 0 Å². The Balaban J connectivity index is 2.36. The zero-order valence-corrected chi connectivity index (χ0v) is 6.93. The van der Waals surface area contributed by atoms with Gasteiger partial charge in [0.25, 0.3) is 0 Å². The second-order valence-electron chi connectivity index (χ2n) is 2.77. The van der Waals surface area contributed by atoms with Crippen LogP contribution < -0.4 is 5.32 Å². The first-order valence-electron chi connectivity index (χ1n) is 3.82. The van der Waals surface area contributed by atoms with Gasteiger partial charge in [-0.2, -0.15) is 0 Å². The molecule has 1 N–H and O–H groups in total. The summed E-state index contributed by atoms with van der Waals surface area (Å²) in [6, 6.07) is 0. The standard InChI is InChI=1S/C9H10ClN/c10-9-3-1-2-7-4-5-11-6-8(7)9/h1-2,4,6,9,11H,3,5H2. The number of fused-ring (bicyclic) bond motifs is 1. The van der Waals surface area contributed by atoms with E-state index in [4.69, 9.17) is 11.6 Å². The molecule has 0 spiro atoms. The van der Waals surface area contributed by atoms with Crippen LogP contribution in [0.1, 0.15) is 6.42 Å². The second kappa shape index (κ2) is 2.74. The van der Waals surface area contributed by atoms with Crippen LogP contribution >= 0.6 is 11.6 Å². The Labute approximate surface area is 71.4 Å². The molecule has 0 aromatic heterocycles. The lowest BCUT2D eigenvalue weighted by Crippen LogP contribution is -2.18. The van der Waals surface area contributed by atoms with Crippen LogP contribution in [0, 0.1) is 0 Å². The molecule has 0 saturated heterocycles. The molecule has 0 radical (unpaired) electrons. The second-order valence-corrected chi connectivity index (χ2v) is 3.30. The maximum atomic E-state index is 6.09. The summed E-state index contributed by atoms with van der Waals surface area (Å²) in [7, 11) is 0. The van der Waals surface area contributed by atoms with Gasteiger partial charge >= 0.3 is 0 Å². The zero-order chi connectivity index (χ0) is 7.68. The fourth-order valence-corrected chi connectivity index (χ4v) is 1.71. The van der Waals surface area contributed by atoms with E-state index < -0.39 is 0 Å². The molecule has 1 aliphatic carbocycles. The van der Waals surface area contributed by atoms with Crippen LogP contribution in [0.25, 0.3) is 0 Å². The highest BCUT2D eigenvalue weighted by atomic mass is 35.5. The highest BCUT2D eigenvalue weighted by Gasteiger charge is 2.17. The van der Waals surface area contributed by atoms with Crippen molar-refractivity contribution in [2.75, 3.05) is 6.54 Å². The zero-order valence-electron chi connectivity index (χ0n) is 6.18. The molecular formula is C9H10ClN. The lowest BCUT2D eigenvalue weighted by molar-refractivity contribution is 0.881. The highest BCUT2D eigenvalue weighted by molar-refractivity contribution is 6.23. The van der Waals surface area contributed by atoms with Gasteiger partial charge in [0.1, 0.15) is 0 Å². The van der Waals surface area contributed by atoms with Gasteiger partial charge in [-0.15, -0.1) is 11.6 Å². The number of halogens is 1. The predicted octanol–water partition coefficient (Wildman–Crippen LogP) is 1.97. The van der Waals surface area contributed by atoms with E-state index in [1.807, 2.05) is 6.20 Å². The molecule has 0 aromatic carbocycles. The Morgan fingerprint density at radius 2 is 2.45 bits per heavy atom. The van der Waals surface area contributed by atoms with Gasteiger partial charge in [0.05, 0.1) is 5.38 Å². The predicted molar refractivity (Wildman–Crippen MR) is 47.6 cm³/mol. The summed E-state index contributed by atoms with van der Waals surface area (Å²) in [6.07, 6.45) is 9.42. The molecule has 0 amide bonds. The first-order chi connectivity index (χ1) is 5.38. The number of hydrogen-bond donors (Lipinski definition) is 1. The minimum Gasteiger partial charge on any atom is -0.387 e. The van der Waals surface area contributed by atoms with Crippen LogP contribution in [0.5, 0.6) is 0 Å².